The Hall–Kier alpha value is -1.55. The molecule has 0 spiro atoms. The summed E-state index contributed by atoms with van der Waals surface area (Å²) in [6, 6.07) is 7.41. The molecule has 4 nitrogen and oxygen atoms in total. The van der Waals surface area contributed by atoms with Crippen molar-refractivity contribution in [3.63, 3.8) is 0 Å². The van der Waals surface area contributed by atoms with Gasteiger partial charge in [-0.05, 0) is 37.5 Å². The maximum absolute atomic E-state index is 4.81. The second-order valence-corrected chi connectivity index (χ2v) is 7.00. The van der Waals surface area contributed by atoms with Crippen LogP contribution < -0.4 is 4.90 Å². The Balaban J connectivity index is 1.92. The summed E-state index contributed by atoms with van der Waals surface area (Å²) in [4.78, 5) is 4.99. The lowest BCUT2D eigenvalue weighted by molar-refractivity contribution is 0.209. The minimum atomic E-state index is 0.551. The number of piperazine rings is 1. The Bertz CT molecular complexity index is 648. The van der Waals surface area contributed by atoms with Gasteiger partial charge in [-0.3, -0.25) is 9.58 Å². The van der Waals surface area contributed by atoms with E-state index in [4.69, 9.17) is 5.10 Å². The summed E-state index contributed by atoms with van der Waals surface area (Å²) in [5.41, 5.74) is 2.62. The second-order valence-electron chi connectivity index (χ2n) is 7.00. The SMILES string of the molecule is CC(C)c1ccc2c(c1)c(N1CCN(C(C)C)CC1)nn2C. The topological polar surface area (TPSA) is 24.3 Å². The fourth-order valence-corrected chi connectivity index (χ4v) is 3.31. The number of nitrogens with zero attached hydrogens (tertiary/aromatic N) is 4. The number of fused-ring (bicyclic) bond motifs is 1. The Morgan fingerprint density at radius 1 is 1.00 bits per heavy atom. The highest BCUT2D eigenvalue weighted by molar-refractivity contribution is 5.91. The maximum atomic E-state index is 4.81. The van der Waals surface area contributed by atoms with Crippen molar-refractivity contribution in [2.75, 3.05) is 31.1 Å². The van der Waals surface area contributed by atoms with E-state index in [9.17, 15) is 0 Å². The summed E-state index contributed by atoms with van der Waals surface area (Å²) in [5.74, 6) is 1.71. The van der Waals surface area contributed by atoms with E-state index in [0.717, 1.165) is 32.0 Å². The lowest BCUT2D eigenvalue weighted by atomic mass is 10.0. The van der Waals surface area contributed by atoms with Crippen molar-refractivity contribution in [1.29, 1.82) is 0 Å². The molecular weight excluding hydrogens is 272 g/mol. The molecule has 2 heterocycles. The average Bonchev–Trinajstić information content (AvgIpc) is 2.84. The van der Waals surface area contributed by atoms with Gasteiger partial charge in [0.1, 0.15) is 0 Å². The predicted molar refractivity (Wildman–Crippen MR) is 93.7 cm³/mol. The number of rotatable bonds is 3. The molecule has 0 atom stereocenters. The van der Waals surface area contributed by atoms with Crippen molar-refractivity contribution in [1.82, 2.24) is 14.7 Å². The Labute approximate surface area is 133 Å². The quantitative estimate of drug-likeness (QED) is 0.870. The lowest BCUT2D eigenvalue weighted by Gasteiger charge is -2.37. The number of aromatic nitrogens is 2. The fourth-order valence-electron chi connectivity index (χ4n) is 3.31. The Morgan fingerprint density at radius 2 is 1.68 bits per heavy atom. The molecule has 0 N–H and O–H groups in total. The Kier molecular flexibility index (Phi) is 4.13. The second kappa shape index (κ2) is 5.92. The van der Waals surface area contributed by atoms with Gasteiger partial charge in [-0.1, -0.05) is 19.9 Å². The van der Waals surface area contributed by atoms with Gasteiger partial charge in [0.25, 0.3) is 0 Å². The first-order valence-electron chi connectivity index (χ1n) is 8.43. The third kappa shape index (κ3) is 2.72. The monoisotopic (exact) mass is 300 g/mol. The van der Waals surface area contributed by atoms with E-state index in [1.807, 2.05) is 11.7 Å². The molecule has 3 rings (SSSR count). The van der Waals surface area contributed by atoms with E-state index < -0.39 is 0 Å². The van der Waals surface area contributed by atoms with Crippen LogP contribution in [0.2, 0.25) is 0 Å². The summed E-state index contributed by atoms with van der Waals surface area (Å²) in [5, 5.41) is 6.11. The van der Waals surface area contributed by atoms with E-state index in [0.29, 0.717) is 12.0 Å². The van der Waals surface area contributed by atoms with E-state index in [1.165, 1.54) is 16.5 Å². The summed E-state index contributed by atoms with van der Waals surface area (Å²) >= 11 is 0. The molecule has 1 saturated heterocycles. The highest BCUT2D eigenvalue weighted by Gasteiger charge is 2.22. The molecule has 2 aromatic rings. The summed E-state index contributed by atoms with van der Waals surface area (Å²) in [6.45, 7) is 13.4. The zero-order valence-electron chi connectivity index (χ0n) is 14.5. The smallest absolute Gasteiger partial charge is 0.158 e. The van der Waals surface area contributed by atoms with Gasteiger partial charge in [0.15, 0.2) is 5.82 Å². The summed E-state index contributed by atoms with van der Waals surface area (Å²) in [6.07, 6.45) is 0. The third-order valence-corrected chi connectivity index (χ3v) is 4.87. The van der Waals surface area contributed by atoms with Crippen molar-refractivity contribution in [3.8, 4) is 0 Å². The average molecular weight is 300 g/mol. The van der Waals surface area contributed by atoms with Crippen molar-refractivity contribution >= 4 is 16.7 Å². The van der Waals surface area contributed by atoms with Gasteiger partial charge in [-0.25, -0.2) is 0 Å². The van der Waals surface area contributed by atoms with Crippen LogP contribution in [0.3, 0.4) is 0 Å². The molecule has 120 valence electrons. The number of hydrogen-bond acceptors (Lipinski definition) is 3. The van der Waals surface area contributed by atoms with E-state index >= 15 is 0 Å². The van der Waals surface area contributed by atoms with Gasteiger partial charge in [0.05, 0.1) is 5.52 Å². The zero-order chi connectivity index (χ0) is 15.9. The summed E-state index contributed by atoms with van der Waals surface area (Å²) < 4.78 is 2.02. The van der Waals surface area contributed by atoms with Crippen LogP contribution in [0.25, 0.3) is 10.9 Å². The van der Waals surface area contributed by atoms with Crippen molar-refractivity contribution in [2.24, 2.45) is 7.05 Å². The van der Waals surface area contributed by atoms with Crippen molar-refractivity contribution < 1.29 is 0 Å². The van der Waals surface area contributed by atoms with Crippen LogP contribution in [-0.4, -0.2) is 46.9 Å². The number of hydrogen-bond donors (Lipinski definition) is 0. The third-order valence-electron chi connectivity index (χ3n) is 4.87. The van der Waals surface area contributed by atoms with Gasteiger partial charge < -0.3 is 4.90 Å². The minimum absolute atomic E-state index is 0.551. The van der Waals surface area contributed by atoms with Crippen LogP contribution in [0.4, 0.5) is 5.82 Å². The largest absolute Gasteiger partial charge is 0.352 e. The van der Waals surface area contributed by atoms with Crippen LogP contribution >= 0.6 is 0 Å². The maximum Gasteiger partial charge on any atom is 0.158 e. The molecule has 0 amide bonds. The minimum Gasteiger partial charge on any atom is -0.352 e. The highest BCUT2D eigenvalue weighted by Crippen LogP contribution is 2.29. The van der Waals surface area contributed by atoms with E-state index in [1.54, 1.807) is 0 Å². The lowest BCUT2D eigenvalue weighted by Crippen LogP contribution is -2.49. The molecule has 1 fully saturated rings. The van der Waals surface area contributed by atoms with Crippen LogP contribution in [0.1, 0.15) is 39.2 Å². The fraction of sp³-hybridized carbons (Fsp3) is 0.611. The molecule has 4 heteroatoms. The number of benzene rings is 1. The van der Waals surface area contributed by atoms with Gasteiger partial charge >= 0.3 is 0 Å². The summed E-state index contributed by atoms with van der Waals surface area (Å²) in [7, 11) is 2.05. The molecule has 1 aromatic heterocycles. The van der Waals surface area contributed by atoms with Crippen LogP contribution in [-0.2, 0) is 7.05 Å². The first-order valence-corrected chi connectivity index (χ1v) is 8.43. The van der Waals surface area contributed by atoms with Gasteiger partial charge in [-0.15, -0.1) is 0 Å². The zero-order valence-corrected chi connectivity index (χ0v) is 14.5. The molecule has 1 aliphatic rings. The molecule has 22 heavy (non-hydrogen) atoms. The normalized spacial score (nSPS) is 17.1. The Morgan fingerprint density at radius 3 is 2.27 bits per heavy atom. The van der Waals surface area contributed by atoms with Gasteiger partial charge in [0.2, 0.25) is 0 Å². The van der Waals surface area contributed by atoms with Crippen LogP contribution in [0.5, 0.6) is 0 Å². The predicted octanol–water partition coefficient (Wildman–Crippen LogP) is 3.23. The van der Waals surface area contributed by atoms with Crippen LogP contribution in [0, 0.1) is 0 Å². The molecule has 0 aliphatic carbocycles. The molecule has 1 aromatic carbocycles. The van der Waals surface area contributed by atoms with Gasteiger partial charge in [-0.2, -0.15) is 5.10 Å². The highest BCUT2D eigenvalue weighted by atomic mass is 15.4. The first kappa shape index (κ1) is 15.3. The number of anilines is 1. The number of aryl methyl sites for hydroxylation is 1. The van der Waals surface area contributed by atoms with E-state index in [2.05, 4.69) is 55.7 Å². The van der Waals surface area contributed by atoms with Crippen molar-refractivity contribution in [2.45, 2.75) is 39.7 Å². The van der Waals surface area contributed by atoms with Gasteiger partial charge in [0, 0.05) is 44.7 Å². The molecule has 0 saturated carbocycles. The van der Waals surface area contributed by atoms with Crippen LogP contribution in [0.15, 0.2) is 18.2 Å². The van der Waals surface area contributed by atoms with E-state index in [-0.39, 0.29) is 0 Å². The molecular formula is C18H28N4. The van der Waals surface area contributed by atoms with Crippen molar-refractivity contribution in [3.05, 3.63) is 23.8 Å². The molecule has 0 bridgehead atoms. The molecule has 0 radical (unpaired) electrons. The molecule has 0 unspecified atom stereocenters. The first-order chi connectivity index (χ1) is 10.5. The standard InChI is InChI=1S/C18H28N4/c1-13(2)15-6-7-17-16(12-15)18(19-20(17)5)22-10-8-21(9-11-22)14(3)4/h6-7,12-14H,8-11H2,1-5H3. The molecule has 1 aliphatic heterocycles.